The lowest BCUT2D eigenvalue weighted by Crippen LogP contribution is -2.41. The lowest BCUT2D eigenvalue weighted by molar-refractivity contribution is 0.123. The van der Waals surface area contributed by atoms with Gasteiger partial charge in [-0.15, -0.1) is 0 Å². The Kier molecular flexibility index (Phi) is 5.65. The van der Waals surface area contributed by atoms with Gasteiger partial charge in [-0.1, -0.05) is 26.0 Å². The van der Waals surface area contributed by atoms with Crippen LogP contribution in [0.25, 0.3) is 0 Å². The van der Waals surface area contributed by atoms with Gasteiger partial charge in [0.1, 0.15) is 5.75 Å². The summed E-state index contributed by atoms with van der Waals surface area (Å²) >= 11 is 0. The molecule has 0 amide bonds. The van der Waals surface area contributed by atoms with E-state index in [4.69, 9.17) is 4.74 Å². The molecule has 21 heavy (non-hydrogen) atoms. The second-order valence-electron chi connectivity index (χ2n) is 6.81. The van der Waals surface area contributed by atoms with E-state index in [2.05, 4.69) is 55.4 Å². The summed E-state index contributed by atoms with van der Waals surface area (Å²) in [6.45, 7) is 11.0. The fourth-order valence-corrected chi connectivity index (χ4v) is 2.93. The summed E-state index contributed by atoms with van der Waals surface area (Å²) in [7, 11) is 2.05. The van der Waals surface area contributed by atoms with Crippen molar-refractivity contribution in [2.24, 2.45) is 5.41 Å². The molecule has 3 nitrogen and oxygen atoms in total. The van der Waals surface area contributed by atoms with E-state index >= 15 is 0 Å². The topological polar surface area (TPSA) is 24.5 Å². The zero-order valence-corrected chi connectivity index (χ0v) is 14.0. The lowest BCUT2D eigenvalue weighted by Gasteiger charge is -2.38. The van der Waals surface area contributed by atoms with E-state index in [1.54, 1.807) is 0 Å². The number of nitrogens with zero attached hydrogens (tertiary/aromatic N) is 1. The van der Waals surface area contributed by atoms with Crippen molar-refractivity contribution in [1.82, 2.24) is 10.2 Å². The van der Waals surface area contributed by atoms with Gasteiger partial charge >= 0.3 is 0 Å². The molecular weight excluding hydrogens is 260 g/mol. The van der Waals surface area contributed by atoms with Crippen molar-refractivity contribution in [1.29, 1.82) is 0 Å². The Morgan fingerprint density at radius 1 is 1.19 bits per heavy atom. The van der Waals surface area contributed by atoms with Gasteiger partial charge < -0.3 is 15.0 Å². The molecule has 1 aliphatic rings. The minimum Gasteiger partial charge on any atom is -0.494 e. The fourth-order valence-electron chi connectivity index (χ4n) is 2.93. The van der Waals surface area contributed by atoms with Gasteiger partial charge in [-0.2, -0.15) is 0 Å². The average Bonchev–Trinajstić information content (AvgIpc) is 2.48. The van der Waals surface area contributed by atoms with E-state index in [1.807, 2.05) is 6.92 Å². The molecule has 0 spiro atoms. The van der Waals surface area contributed by atoms with Crippen molar-refractivity contribution in [3.63, 3.8) is 0 Å². The summed E-state index contributed by atoms with van der Waals surface area (Å²) in [6, 6.07) is 8.90. The maximum absolute atomic E-state index is 5.52. The summed E-state index contributed by atoms with van der Waals surface area (Å²) in [4.78, 5) is 2.59. The molecule has 1 fully saturated rings. The van der Waals surface area contributed by atoms with Crippen LogP contribution in [0, 0.1) is 5.41 Å². The Morgan fingerprint density at radius 3 is 2.33 bits per heavy atom. The normalized spacial score (nSPS) is 20.2. The highest BCUT2D eigenvalue weighted by molar-refractivity contribution is 5.29. The van der Waals surface area contributed by atoms with Crippen molar-refractivity contribution in [3.8, 4) is 5.75 Å². The van der Waals surface area contributed by atoms with Crippen LogP contribution in [0.15, 0.2) is 24.3 Å². The first-order chi connectivity index (χ1) is 10.0. The Balaban J connectivity index is 1.93. The largest absolute Gasteiger partial charge is 0.494 e. The van der Waals surface area contributed by atoms with Crippen LogP contribution in [0.5, 0.6) is 5.75 Å². The third-order valence-electron chi connectivity index (χ3n) is 4.59. The predicted molar refractivity (Wildman–Crippen MR) is 88.9 cm³/mol. The number of benzene rings is 1. The van der Waals surface area contributed by atoms with E-state index in [0.717, 1.165) is 18.9 Å². The second-order valence-corrected chi connectivity index (χ2v) is 6.81. The maximum Gasteiger partial charge on any atom is 0.119 e. The first-order valence-corrected chi connectivity index (χ1v) is 8.16. The maximum atomic E-state index is 5.52. The Hall–Kier alpha value is -1.06. The van der Waals surface area contributed by atoms with Gasteiger partial charge in [0.25, 0.3) is 0 Å². The van der Waals surface area contributed by atoms with Crippen molar-refractivity contribution >= 4 is 0 Å². The average molecular weight is 290 g/mol. The molecule has 0 radical (unpaired) electrons. The molecule has 0 aliphatic carbocycles. The van der Waals surface area contributed by atoms with Crippen molar-refractivity contribution in [3.05, 3.63) is 29.8 Å². The molecule has 1 saturated heterocycles. The standard InChI is InChI=1S/C18H30N2O/c1-5-21-16-8-6-15(7-9-16)17(19-4)14-20-12-10-18(2,3)11-13-20/h6-9,17,19H,5,10-14H2,1-4H3. The molecular formula is C18H30N2O. The number of piperidine rings is 1. The highest BCUT2D eigenvalue weighted by Gasteiger charge is 2.26. The number of ether oxygens (including phenoxy) is 1. The number of nitrogens with one attached hydrogen (secondary N) is 1. The number of likely N-dealkylation sites (tertiary alicyclic amines) is 1. The second kappa shape index (κ2) is 7.28. The smallest absolute Gasteiger partial charge is 0.119 e. The number of likely N-dealkylation sites (N-methyl/N-ethyl adjacent to an activating group) is 1. The minimum atomic E-state index is 0.391. The van der Waals surface area contributed by atoms with Crippen molar-refractivity contribution in [2.45, 2.75) is 39.7 Å². The third-order valence-corrected chi connectivity index (χ3v) is 4.59. The number of hydrogen-bond acceptors (Lipinski definition) is 3. The van der Waals surface area contributed by atoms with E-state index < -0.39 is 0 Å². The van der Waals surface area contributed by atoms with Gasteiger partial charge in [0.15, 0.2) is 0 Å². The van der Waals surface area contributed by atoms with Crippen LogP contribution >= 0.6 is 0 Å². The van der Waals surface area contributed by atoms with Gasteiger partial charge in [-0.05, 0) is 63.0 Å². The van der Waals surface area contributed by atoms with Crippen LogP contribution in [-0.4, -0.2) is 38.2 Å². The molecule has 1 aliphatic heterocycles. The third kappa shape index (κ3) is 4.72. The summed E-state index contributed by atoms with van der Waals surface area (Å²) in [6.07, 6.45) is 2.60. The first kappa shape index (κ1) is 16.3. The molecule has 0 aromatic heterocycles. The molecule has 118 valence electrons. The first-order valence-electron chi connectivity index (χ1n) is 8.16. The molecule has 1 N–H and O–H groups in total. The SMILES string of the molecule is CCOc1ccc(C(CN2CCC(C)(C)CC2)NC)cc1. The highest BCUT2D eigenvalue weighted by atomic mass is 16.5. The van der Waals surface area contributed by atoms with E-state index in [-0.39, 0.29) is 0 Å². The summed E-state index contributed by atoms with van der Waals surface area (Å²) in [5, 5.41) is 3.46. The van der Waals surface area contributed by atoms with E-state index in [0.29, 0.717) is 11.5 Å². The molecule has 1 heterocycles. The zero-order valence-electron chi connectivity index (χ0n) is 14.0. The summed E-state index contributed by atoms with van der Waals surface area (Å²) < 4.78 is 5.52. The number of hydrogen-bond donors (Lipinski definition) is 1. The molecule has 3 heteroatoms. The van der Waals surface area contributed by atoms with Crippen molar-refractivity contribution in [2.75, 3.05) is 33.3 Å². The van der Waals surface area contributed by atoms with Gasteiger partial charge in [-0.25, -0.2) is 0 Å². The monoisotopic (exact) mass is 290 g/mol. The van der Waals surface area contributed by atoms with Crippen LogP contribution in [0.3, 0.4) is 0 Å². The summed E-state index contributed by atoms with van der Waals surface area (Å²) in [5.41, 5.74) is 1.86. The summed E-state index contributed by atoms with van der Waals surface area (Å²) in [5.74, 6) is 0.954. The molecule has 1 atom stereocenters. The van der Waals surface area contributed by atoms with E-state index in [1.165, 1.54) is 31.5 Å². The highest BCUT2D eigenvalue weighted by Crippen LogP contribution is 2.30. The fraction of sp³-hybridized carbons (Fsp3) is 0.667. The Morgan fingerprint density at radius 2 is 1.81 bits per heavy atom. The van der Waals surface area contributed by atoms with Crippen LogP contribution in [0.2, 0.25) is 0 Å². The Bertz CT molecular complexity index is 417. The molecule has 2 rings (SSSR count). The van der Waals surface area contributed by atoms with Crippen molar-refractivity contribution < 1.29 is 4.74 Å². The molecule has 1 aromatic rings. The Labute approximate surface area is 129 Å². The van der Waals surface area contributed by atoms with Gasteiger partial charge in [0, 0.05) is 12.6 Å². The molecule has 1 aromatic carbocycles. The quantitative estimate of drug-likeness (QED) is 0.868. The van der Waals surface area contributed by atoms with Gasteiger partial charge in [0.2, 0.25) is 0 Å². The number of rotatable bonds is 6. The van der Waals surface area contributed by atoms with Gasteiger partial charge in [0.05, 0.1) is 6.61 Å². The molecule has 1 unspecified atom stereocenters. The van der Waals surface area contributed by atoms with Gasteiger partial charge in [-0.3, -0.25) is 0 Å². The molecule has 0 bridgehead atoms. The van der Waals surface area contributed by atoms with Crippen LogP contribution in [-0.2, 0) is 0 Å². The van der Waals surface area contributed by atoms with Crippen LogP contribution in [0.4, 0.5) is 0 Å². The lowest BCUT2D eigenvalue weighted by atomic mass is 9.82. The van der Waals surface area contributed by atoms with Crippen LogP contribution < -0.4 is 10.1 Å². The van der Waals surface area contributed by atoms with E-state index in [9.17, 15) is 0 Å². The molecule has 0 saturated carbocycles. The predicted octanol–water partition coefficient (Wildman–Crippen LogP) is 3.47. The zero-order chi connectivity index (χ0) is 15.3. The van der Waals surface area contributed by atoms with Crippen LogP contribution in [0.1, 0.15) is 45.2 Å². The minimum absolute atomic E-state index is 0.391.